The fraction of sp³-hybridized carbons (Fsp3) is 0.455. The van der Waals surface area contributed by atoms with Crippen molar-refractivity contribution in [2.75, 3.05) is 38.6 Å². The van der Waals surface area contributed by atoms with Gasteiger partial charge in [0.15, 0.2) is 17.6 Å². The Kier molecular flexibility index (Phi) is 7.41. The summed E-state index contributed by atoms with van der Waals surface area (Å²) in [5.74, 6) is 0.946. The van der Waals surface area contributed by atoms with E-state index in [1.807, 2.05) is 4.90 Å². The van der Waals surface area contributed by atoms with Gasteiger partial charge < -0.3 is 20.4 Å². The van der Waals surface area contributed by atoms with E-state index < -0.39 is 0 Å². The monoisotopic (exact) mass is 398 g/mol. The Morgan fingerprint density at radius 3 is 2.86 bits per heavy atom. The highest BCUT2D eigenvalue weighted by Crippen LogP contribution is 2.20. The van der Waals surface area contributed by atoms with Crippen molar-refractivity contribution in [1.82, 2.24) is 20.5 Å². The van der Waals surface area contributed by atoms with E-state index >= 15 is 0 Å². The minimum atomic E-state index is -0.272. The quantitative estimate of drug-likeness (QED) is 0.555. The molecule has 156 valence electrons. The Labute approximate surface area is 172 Å². The fourth-order valence-corrected chi connectivity index (χ4v) is 3.56. The third-order valence-electron chi connectivity index (χ3n) is 4.82. The Hall–Kier alpha value is -2.67. The van der Waals surface area contributed by atoms with Gasteiger partial charge in [0.1, 0.15) is 0 Å². The molecule has 2 heterocycles. The Morgan fingerprint density at radius 1 is 1.28 bits per heavy atom. The lowest BCUT2D eigenvalue weighted by atomic mass is 10.1. The van der Waals surface area contributed by atoms with Gasteiger partial charge in [-0.1, -0.05) is 24.3 Å². The summed E-state index contributed by atoms with van der Waals surface area (Å²) in [4.78, 5) is 13.1. The van der Waals surface area contributed by atoms with Crippen molar-refractivity contribution in [1.29, 1.82) is 0 Å². The van der Waals surface area contributed by atoms with Crippen LogP contribution in [0.3, 0.4) is 0 Å². The standard InChI is InChI=1S/C22H31FN6/c1-4-24-22(26-14-17-7-5-8-18(13-17)15-28(2)3)27-19-10-12-29(16-19)21-20(23)9-6-11-25-21/h5-9,11,13,19H,4,10,12,14-16H2,1-3H3,(H2,24,26,27). The molecule has 1 aromatic heterocycles. The number of aromatic nitrogens is 1. The summed E-state index contributed by atoms with van der Waals surface area (Å²) in [7, 11) is 4.14. The van der Waals surface area contributed by atoms with Crippen molar-refractivity contribution in [2.24, 2.45) is 4.99 Å². The zero-order chi connectivity index (χ0) is 20.6. The first kappa shape index (κ1) is 21.0. The molecule has 29 heavy (non-hydrogen) atoms. The van der Waals surface area contributed by atoms with Gasteiger partial charge in [-0.2, -0.15) is 0 Å². The van der Waals surface area contributed by atoms with Crippen LogP contribution in [-0.2, 0) is 13.1 Å². The van der Waals surface area contributed by atoms with Gasteiger partial charge in [-0.3, -0.25) is 0 Å². The van der Waals surface area contributed by atoms with E-state index in [4.69, 9.17) is 4.99 Å². The second-order valence-electron chi connectivity index (χ2n) is 7.64. The molecule has 1 aliphatic rings. The maximum absolute atomic E-state index is 14.0. The van der Waals surface area contributed by atoms with Crippen LogP contribution in [0.2, 0.25) is 0 Å². The molecule has 1 aliphatic heterocycles. The number of nitrogens with one attached hydrogen (secondary N) is 2. The van der Waals surface area contributed by atoms with Crippen LogP contribution >= 0.6 is 0 Å². The molecule has 1 aromatic carbocycles. The smallest absolute Gasteiger partial charge is 0.191 e. The third-order valence-corrected chi connectivity index (χ3v) is 4.82. The second-order valence-corrected chi connectivity index (χ2v) is 7.64. The molecule has 7 heteroatoms. The molecule has 1 fully saturated rings. The fourth-order valence-electron chi connectivity index (χ4n) is 3.56. The molecule has 1 atom stereocenters. The van der Waals surface area contributed by atoms with Crippen molar-refractivity contribution in [3.63, 3.8) is 0 Å². The van der Waals surface area contributed by atoms with E-state index in [0.29, 0.717) is 18.9 Å². The molecule has 1 unspecified atom stereocenters. The Morgan fingerprint density at radius 2 is 2.10 bits per heavy atom. The maximum Gasteiger partial charge on any atom is 0.191 e. The van der Waals surface area contributed by atoms with Crippen LogP contribution in [0.4, 0.5) is 10.2 Å². The predicted octanol–water partition coefficient (Wildman–Crippen LogP) is 2.62. The van der Waals surface area contributed by atoms with Crippen LogP contribution in [0.25, 0.3) is 0 Å². The number of anilines is 1. The first-order chi connectivity index (χ1) is 14.0. The molecule has 1 saturated heterocycles. The topological polar surface area (TPSA) is 55.8 Å². The maximum atomic E-state index is 14.0. The van der Waals surface area contributed by atoms with Crippen molar-refractivity contribution < 1.29 is 4.39 Å². The van der Waals surface area contributed by atoms with Crippen LogP contribution in [-0.4, -0.2) is 55.6 Å². The molecule has 2 aromatic rings. The minimum Gasteiger partial charge on any atom is -0.357 e. The van der Waals surface area contributed by atoms with E-state index in [-0.39, 0.29) is 11.9 Å². The van der Waals surface area contributed by atoms with Crippen molar-refractivity contribution in [3.05, 3.63) is 59.5 Å². The zero-order valence-corrected chi connectivity index (χ0v) is 17.5. The van der Waals surface area contributed by atoms with Crippen LogP contribution in [0.15, 0.2) is 47.6 Å². The minimum absolute atomic E-state index is 0.203. The molecule has 0 spiro atoms. The molecular formula is C22H31FN6. The lowest BCUT2D eigenvalue weighted by Crippen LogP contribution is -2.44. The first-order valence-corrected chi connectivity index (χ1v) is 10.2. The summed E-state index contributed by atoms with van der Waals surface area (Å²) >= 11 is 0. The molecular weight excluding hydrogens is 367 g/mol. The SMILES string of the molecule is CCNC(=NCc1cccc(CN(C)C)c1)NC1CCN(c2ncccc2F)C1. The number of nitrogens with zero attached hydrogens (tertiary/aromatic N) is 4. The number of hydrogen-bond donors (Lipinski definition) is 2. The first-order valence-electron chi connectivity index (χ1n) is 10.2. The molecule has 0 radical (unpaired) electrons. The van der Waals surface area contributed by atoms with E-state index in [1.165, 1.54) is 17.2 Å². The van der Waals surface area contributed by atoms with Crippen molar-refractivity contribution in [3.8, 4) is 0 Å². The Bertz CT molecular complexity index is 822. The normalized spacial score (nSPS) is 17.1. The predicted molar refractivity (Wildman–Crippen MR) is 117 cm³/mol. The second kappa shape index (κ2) is 10.2. The van der Waals surface area contributed by atoms with Gasteiger partial charge in [-0.15, -0.1) is 0 Å². The summed E-state index contributed by atoms with van der Waals surface area (Å²) in [6, 6.07) is 11.8. The number of aliphatic imine (C=N–C) groups is 1. The van der Waals surface area contributed by atoms with E-state index in [2.05, 4.69) is 65.8 Å². The average Bonchev–Trinajstić information content (AvgIpc) is 3.15. The highest BCUT2D eigenvalue weighted by Gasteiger charge is 2.25. The summed E-state index contributed by atoms with van der Waals surface area (Å²) in [6.07, 6.45) is 2.55. The number of guanidine groups is 1. The number of pyridine rings is 1. The zero-order valence-electron chi connectivity index (χ0n) is 17.5. The van der Waals surface area contributed by atoms with Crippen LogP contribution in [0, 0.1) is 5.82 Å². The molecule has 6 nitrogen and oxygen atoms in total. The third kappa shape index (κ3) is 6.15. The molecule has 0 bridgehead atoms. The van der Waals surface area contributed by atoms with E-state index in [0.717, 1.165) is 32.0 Å². The van der Waals surface area contributed by atoms with Crippen LogP contribution < -0.4 is 15.5 Å². The summed E-state index contributed by atoms with van der Waals surface area (Å²) in [6.45, 7) is 5.85. The van der Waals surface area contributed by atoms with Gasteiger partial charge in [0.05, 0.1) is 6.54 Å². The molecule has 0 saturated carbocycles. The van der Waals surface area contributed by atoms with Crippen molar-refractivity contribution >= 4 is 11.8 Å². The van der Waals surface area contributed by atoms with Gasteiger partial charge in [-0.05, 0) is 50.7 Å². The number of rotatable bonds is 7. The largest absolute Gasteiger partial charge is 0.357 e. The molecule has 0 aliphatic carbocycles. The molecule has 3 rings (SSSR count). The van der Waals surface area contributed by atoms with Crippen LogP contribution in [0.5, 0.6) is 0 Å². The van der Waals surface area contributed by atoms with Gasteiger partial charge in [0, 0.05) is 38.4 Å². The van der Waals surface area contributed by atoms with Gasteiger partial charge >= 0.3 is 0 Å². The van der Waals surface area contributed by atoms with Crippen LogP contribution in [0.1, 0.15) is 24.5 Å². The van der Waals surface area contributed by atoms with E-state index in [1.54, 1.807) is 12.3 Å². The highest BCUT2D eigenvalue weighted by molar-refractivity contribution is 5.80. The number of benzene rings is 1. The van der Waals surface area contributed by atoms with E-state index in [9.17, 15) is 4.39 Å². The summed E-state index contributed by atoms with van der Waals surface area (Å²) < 4.78 is 14.0. The summed E-state index contributed by atoms with van der Waals surface area (Å²) in [5.41, 5.74) is 2.47. The molecule has 0 amide bonds. The number of halogens is 1. The van der Waals surface area contributed by atoms with Gasteiger partial charge in [0.2, 0.25) is 0 Å². The Balaban J connectivity index is 1.61. The lowest BCUT2D eigenvalue weighted by molar-refractivity contribution is 0.402. The average molecular weight is 399 g/mol. The lowest BCUT2D eigenvalue weighted by Gasteiger charge is -2.20. The van der Waals surface area contributed by atoms with Gasteiger partial charge in [-0.25, -0.2) is 14.4 Å². The van der Waals surface area contributed by atoms with Crippen molar-refractivity contribution in [2.45, 2.75) is 32.5 Å². The summed E-state index contributed by atoms with van der Waals surface area (Å²) in [5, 5.41) is 6.81. The number of hydrogen-bond acceptors (Lipinski definition) is 4. The highest BCUT2D eigenvalue weighted by atomic mass is 19.1. The van der Waals surface area contributed by atoms with Gasteiger partial charge in [0.25, 0.3) is 0 Å². The molecule has 2 N–H and O–H groups in total.